The first kappa shape index (κ1) is 40.9. The van der Waals surface area contributed by atoms with Crippen LogP contribution in [0.2, 0.25) is 0 Å². The number of dihydropyridines is 1. The minimum absolute atomic E-state index is 0.0403. The topological polar surface area (TPSA) is 192 Å². The predicted octanol–water partition coefficient (Wildman–Crippen LogP) is 7.60. The number of carbonyl (C=O) groups is 1. The number of nitrogens with two attached hydrogens (primary N) is 1. The number of aliphatic carboxylic acids is 1. The number of carboxylic acids is 1. The van der Waals surface area contributed by atoms with Gasteiger partial charge in [0.1, 0.15) is 11.5 Å². The molecule has 10 atom stereocenters. The van der Waals surface area contributed by atoms with Crippen LogP contribution in [0, 0.1) is 35.5 Å². The van der Waals surface area contributed by atoms with Crippen LogP contribution < -0.4 is 11.1 Å². The van der Waals surface area contributed by atoms with Gasteiger partial charge in [0.05, 0.1) is 29.5 Å². The maximum Gasteiger partial charge on any atom is 0.309 e. The second-order valence-electron chi connectivity index (χ2n) is 17.4. The SMILES string of the molecule is CCCCC[C@@H]1C=C[C@@H](CCCC[C@H]2CC[C@@H](c3ccc(-c4cc(O)cc(O)c4)[nH]3)[C@@H]3C[C@H](CC4=CCNC(N)=C4)C[C@@]3(O)CC[C@H](O)[C@H]2C(=O)O)[C@H](O)C1. The number of hydrogen-bond donors (Lipinski definition) is 9. The number of rotatable bonds is 14. The van der Waals surface area contributed by atoms with Crippen LogP contribution in [-0.2, 0) is 4.79 Å². The van der Waals surface area contributed by atoms with Crippen molar-refractivity contribution in [3.63, 3.8) is 0 Å². The van der Waals surface area contributed by atoms with Crippen molar-refractivity contribution in [3.8, 4) is 22.8 Å². The summed E-state index contributed by atoms with van der Waals surface area (Å²) in [6, 6.07) is 8.44. The third-order valence-corrected chi connectivity index (χ3v) is 13.4. The smallest absolute Gasteiger partial charge is 0.309 e. The fourth-order valence-corrected chi connectivity index (χ4v) is 10.6. The molecule has 0 saturated heterocycles. The van der Waals surface area contributed by atoms with Crippen molar-refractivity contribution < 1.29 is 35.4 Å². The normalized spacial score (nSPS) is 32.6. The Kier molecular flexibility index (Phi) is 13.7. The Morgan fingerprint density at radius 3 is 2.42 bits per heavy atom. The predicted molar refractivity (Wildman–Crippen MR) is 215 cm³/mol. The number of nitrogens with one attached hydrogen (secondary N) is 2. The molecule has 6 rings (SSSR count). The molecule has 10 nitrogen and oxygen atoms in total. The van der Waals surface area contributed by atoms with Gasteiger partial charge in [0.15, 0.2) is 0 Å². The van der Waals surface area contributed by atoms with E-state index in [1.807, 2.05) is 18.2 Å². The average Bonchev–Trinajstić information content (AvgIpc) is 3.74. The molecule has 1 aliphatic heterocycles. The molecule has 2 saturated carbocycles. The first-order chi connectivity index (χ1) is 26.4. The summed E-state index contributed by atoms with van der Waals surface area (Å²) in [5.74, 6) is -1.13. The standard InChI is InChI=1S/C45H65N3O7/c1-2-3-4-7-28-10-11-31(41(52)22-28)8-5-6-9-32-12-13-36(39-15-14-38(48-39)33-24-34(49)26-35(50)25-33)37-21-30(20-29-17-19-47-42(46)23-29)27-45(37,55)18-16-40(51)43(32)44(53)54/h10-11,14-15,17,23-26,28,30-32,36-37,40-41,43,47-52,55H,2-9,12-13,16,18-22,27,46H2,1H3,(H,53,54)/t28-,30+,31-,32+,36-,37+,40+,41-,43+,45+/m1/s1. The summed E-state index contributed by atoms with van der Waals surface area (Å²) in [6.45, 7) is 2.87. The number of carboxylic acid groups (broad SMARTS) is 1. The van der Waals surface area contributed by atoms with Gasteiger partial charge in [-0.05, 0) is 130 Å². The number of unbranched alkanes of at least 4 members (excludes halogenated alkanes) is 3. The van der Waals surface area contributed by atoms with E-state index in [2.05, 4.69) is 35.5 Å². The molecule has 1 aromatic carbocycles. The van der Waals surface area contributed by atoms with Crippen molar-refractivity contribution in [2.75, 3.05) is 6.54 Å². The van der Waals surface area contributed by atoms with E-state index < -0.39 is 23.6 Å². The van der Waals surface area contributed by atoms with Crippen LogP contribution in [0.4, 0.5) is 0 Å². The molecule has 0 spiro atoms. The molecule has 2 aromatic rings. The minimum atomic E-state index is -1.10. The number of aliphatic hydroxyl groups excluding tert-OH is 2. The van der Waals surface area contributed by atoms with Gasteiger partial charge in [-0.2, -0.15) is 0 Å². The van der Waals surface area contributed by atoms with Crippen molar-refractivity contribution in [2.24, 2.45) is 41.2 Å². The second-order valence-corrected chi connectivity index (χ2v) is 17.4. The first-order valence-corrected chi connectivity index (χ1v) is 21.0. The number of aromatic nitrogens is 1. The maximum atomic E-state index is 12.9. The van der Waals surface area contributed by atoms with Crippen LogP contribution in [0.15, 0.2) is 66.0 Å². The molecule has 0 bridgehead atoms. The van der Waals surface area contributed by atoms with Gasteiger partial charge < -0.3 is 46.7 Å². The van der Waals surface area contributed by atoms with Crippen molar-refractivity contribution in [3.05, 3.63) is 71.7 Å². The summed E-state index contributed by atoms with van der Waals surface area (Å²) >= 11 is 0. The number of phenolic OH excluding ortho intramolecular Hbond substituents is 2. The van der Waals surface area contributed by atoms with Crippen molar-refractivity contribution in [1.82, 2.24) is 10.3 Å². The number of aliphatic hydroxyl groups is 3. The number of aromatic hydroxyl groups is 2. The summed E-state index contributed by atoms with van der Waals surface area (Å²) < 4.78 is 0. The summed E-state index contributed by atoms with van der Waals surface area (Å²) in [4.78, 5) is 16.5. The van der Waals surface area contributed by atoms with Crippen LogP contribution in [0.3, 0.4) is 0 Å². The third kappa shape index (κ3) is 10.4. The highest BCUT2D eigenvalue weighted by atomic mass is 16.4. The van der Waals surface area contributed by atoms with E-state index in [0.717, 1.165) is 61.9 Å². The zero-order valence-corrected chi connectivity index (χ0v) is 32.6. The van der Waals surface area contributed by atoms with Crippen LogP contribution in [0.5, 0.6) is 11.5 Å². The van der Waals surface area contributed by atoms with Gasteiger partial charge in [0, 0.05) is 41.4 Å². The van der Waals surface area contributed by atoms with Gasteiger partial charge in [-0.15, -0.1) is 0 Å². The van der Waals surface area contributed by atoms with Gasteiger partial charge in [0.25, 0.3) is 0 Å². The molecule has 2 fully saturated rings. The molecular formula is C45H65N3O7. The number of allylic oxidation sites excluding steroid dienone is 3. The Labute approximate surface area is 326 Å². The molecule has 1 aromatic heterocycles. The number of phenols is 2. The average molecular weight is 760 g/mol. The minimum Gasteiger partial charge on any atom is -0.508 e. The Morgan fingerprint density at radius 2 is 1.69 bits per heavy atom. The van der Waals surface area contributed by atoms with Crippen molar-refractivity contribution in [2.45, 2.75) is 133 Å². The highest BCUT2D eigenvalue weighted by Gasteiger charge is 2.51. The molecule has 0 amide bonds. The highest BCUT2D eigenvalue weighted by molar-refractivity contribution is 5.71. The largest absolute Gasteiger partial charge is 0.508 e. The maximum absolute atomic E-state index is 12.9. The zero-order chi connectivity index (χ0) is 39.1. The van der Waals surface area contributed by atoms with Crippen LogP contribution in [0.1, 0.15) is 121 Å². The summed E-state index contributed by atoms with van der Waals surface area (Å²) in [5, 5.41) is 69.2. The van der Waals surface area contributed by atoms with E-state index in [-0.39, 0.29) is 53.6 Å². The zero-order valence-electron chi connectivity index (χ0n) is 32.6. The third-order valence-electron chi connectivity index (χ3n) is 13.4. The van der Waals surface area contributed by atoms with Crippen molar-refractivity contribution >= 4 is 5.97 Å². The molecule has 0 radical (unpaired) electrons. The van der Waals surface area contributed by atoms with Crippen LogP contribution in [0.25, 0.3) is 11.3 Å². The van der Waals surface area contributed by atoms with E-state index in [1.165, 1.54) is 25.3 Å². The summed E-state index contributed by atoms with van der Waals surface area (Å²) in [7, 11) is 0. The molecule has 3 aliphatic carbocycles. The van der Waals surface area contributed by atoms with Gasteiger partial charge in [-0.3, -0.25) is 4.79 Å². The fraction of sp³-hybridized carbons (Fsp3) is 0.622. The van der Waals surface area contributed by atoms with E-state index >= 15 is 0 Å². The first-order valence-electron chi connectivity index (χ1n) is 21.0. The Morgan fingerprint density at radius 1 is 0.927 bits per heavy atom. The monoisotopic (exact) mass is 759 g/mol. The van der Waals surface area contributed by atoms with Gasteiger partial charge in [0.2, 0.25) is 0 Å². The van der Waals surface area contributed by atoms with Crippen LogP contribution >= 0.6 is 0 Å². The molecule has 10 N–H and O–H groups in total. The van der Waals surface area contributed by atoms with E-state index in [9.17, 15) is 35.4 Å². The Hall–Kier alpha value is -3.73. The van der Waals surface area contributed by atoms with Crippen LogP contribution in [-0.4, -0.2) is 65.9 Å². The lowest BCUT2D eigenvalue weighted by molar-refractivity contribution is -0.150. The molecule has 302 valence electrons. The Bertz CT molecular complexity index is 1660. The molecule has 55 heavy (non-hydrogen) atoms. The van der Waals surface area contributed by atoms with E-state index in [4.69, 9.17) is 5.73 Å². The van der Waals surface area contributed by atoms with Gasteiger partial charge in [-0.25, -0.2) is 0 Å². The number of H-pyrrole nitrogens is 1. The second kappa shape index (κ2) is 18.5. The lowest BCUT2D eigenvalue weighted by Crippen LogP contribution is -2.42. The summed E-state index contributed by atoms with van der Waals surface area (Å²) in [6.07, 6.45) is 19.8. The summed E-state index contributed by atoms with van der Waals surface area (Å²) in [5.41, 5.74) is 8.45. The fourth-order valence-electron chi connectivity index (χ4n) is 10.6. The Balaban J connectivity index is 1.21. The molecule has 10 heteroatoms. The lowest BCUT2D eigenvalue weighted by atomic mass is 9.69. The number of aromatic amines is 1. The van der Waals surface area contributed by atoms with Gasteiger partial charge >= 0.3 is 5.97 Å². The molecule has 0 unspecified atom stereocenters. The van der Waals surface area contributed by atoms with E-state index in [1.54, 1.807) is 12.1 Å². The van der Waals surface area contributed by atoms with Gasteiger partial charge in [-0.1, -0.05) is 57.3 Å². The molecule has 2 heterocycles. The number of hydrogen-bond acceptors (Lipinski definition) is 8. The number of fused-ring (bicyclic) bond motifs is 1. The molecule has 4 aliphatic rings. The lowest BCUT2D eigenvalue weighted by Gasteiger charge is -2.39. The number of benzene rings is 1. The molecular weight excluding hydrogens is 695 g/mol. The highest BCUT2D eigenvalue weighted by Crippen LogP contribution is 2.54. The quantitative estimate of drug-likeness (QED) is 0.0689. The van der Waals surface area contributed by atoms with Crippen molar-refractivity contribution in [1.29, 1.82) is 0 Å². The van der Waals surface area contributed by atoms with E-state index in [0.29, 0.717) is 56.0 Å².